The highest BCUT2D eigenvalue weighted by molar-refractivity contribution is 6.31. The molecule has 1 aliphatic carbocycles. The lowest BCUT2D eigenvalue weighted by molar-refractivity contribution is -0.122. The van der Waals surface area contributed by atoms with Crippen LogP contribution in [0.25, 0.3) is 0 Å². The van der Waals surface area contributed by atoms with Gasteiger partial charge in [0.25, 0.3) is 0 Å². The minimum Gasteiger partial charge on any atom is -0.491 e. The number of ketones is 1. The quantitative estimate of drug-likeness (QED) is 0.405. The number of hydrogen-bond acceptors (Lipinski definition) is 3. The molecule has 3 rings (SSSR count). The summed E-state index contributed by atoms with van der Waals surface area (Å²) in [5, 5.41) is 3.63. The number of amides is 1. The largest absolute Gasteiger partial charge is 0.491 e. The molecule has 1 saturated carbocycles. The van der Waals surface area contributed by atoms with Crippen molar-refractivity contribution >= 4 is 29.0 Å². The molecule has 0 atom stereocenters. The predicted octanol–water partition coefficient (Wildman–Crippen LogP) is 5.99. The van der Waals surface area contributed by atoms with E-state index in [2.05, 4.69) is 12.2 Å². The molecule has 0 aliphatic heterocycles. The van der Waals surface area contributed by atoms with Crippen molar-refractivity contribution in [3.05, 3.63) is 58.1 Å². The first-order chi connectivity index (χ1) is 14.0. The lowest BCUT2D eigenvalue weighted by Crippen LogP contribution is -2.28. The number of unbranched alkanes of at least 4 members (excludes halogenated alkanes) is 1. The number of rotatable bonds is 9. The molecular formula is C24H28ClNO3. The van der Waals surface area contributed by atoms with Gasteiger partial charge in [0, 0.05) is 22.9 Å². The van der Waals surface area contributed by atoms with Crippen LogP contribution >= 0.6 is 11.6 Å². The molecule has 1 amide bonds. The molecule has 1 aliphatic rings. The van der Waals surface area contributed by atoms with Crippen molar-refractivity contribution in [3.8, 4) is 5.75 Å². The van der Waals surface area contributed by atoms with Crippen molar-refractivity contribution in [2.75, 3.05) is 11.9 Å². The standard InChI is InChI=1S/C24H28ClNO3/c1-3-4-12-29-23-11-10-19(15-21(23)26-24(28)18-6-5-7-18)22(27)14-17-9-8-16(2)20(25)13-17/h8-11,13,15,18H,3-7,12,14H2,1-2H3,(H,26,28). The minimum absolute atomic E-state index is 0.00602. The van der Waals surface area contributed by atoms with Crippen LogP contribution < -0.4 is 10.1 Å². The van der Waals surface area contributed by atoms with Crippen molar-refractivity contribution < 1.29 is 14.3 Å². The molecule has 2 aromatic rings. The number of aryl methyl sites for hydroxylation is 1. The molecule has 29 heavy (non-hydrogen) atoms. The fourth-order valence-corrected chi connectivity index (χ4v) is 3.40. The first-order valence-electron chi connectivity index (χ1n) is 10.3. The maximum absolute atomic E-state index is 12.8. The summed E-state index contributed by atoms with van der Waals surface area (Å²) in [6.07, 6.45) is 5.15. The molecule has 0 spiro atoms. The molecule has 0 radical (unpaired) electrons. The third-order valence-electron chi connectivity index (χ3n) is 5.39. The Balaban J connectivity index is 1.78. The average molecular weight is 414 g/mol. The van der Waals surface area contributed by atoms with E-state index in [1.165, 1.54) is 0 Å². The molecule has 5 heteroatoms. The lowest BCUT2D eigenvalue weighted by Gasteiger charge is -2.24. The van der Waals surface area contributed by atoms with E-state index in [1.807, 2.05) is 25.1 Å². The third-order valence-corrected chi connectivity index (χ3v) is 5.80. The second kappa shape index (κ2) is 9.93. The van der Waals surface area contributed by atoms with Gasteiger partial charge in [0.05, 0.1) is 12.3 Å². The Morgan fingerprint density at radius 1 is 1.17 bits per heavy atom. The molecule has 1 fully saturated rings. The van der Waals surface area contributed by atoms with Gasteiger partial charge >= 0.3 is 0 Å². The van der Waals surface area contributed by atoms with Gasteiger partial charge in [-0.3, -0.25) is 9.59 Å². The molecule has 4 nitrogen and oxygen atoms in total. The highest BCUT2D eigenvalue weighted by Crippen LogP contribution is 2.31. The second-order valence-corrected chi connectivity index (χ2v) is 8.12. The summed E-state index contributed by atoms with van der Waals surface area (Å²) in [5.74, 6) is 0.657. The van der Waals surface area contributed by atoms with Crippen LogP contribution in [0.5, 0.6) is 5.75 Å². The van der Waals surface area contributed by atoms with Crippen LogP contribution in [0.2, 0.25) is 5.02 Å². The number of carbonyl (C=O) groups excluding carboxylic acids is 2. The lowest BCUT2D eigenvalue weighted by atomic mass is 9.85. The van der Waals surface area contributed by atoms with Gasteiger partial charge in [-0.05, 0) is 61.6 Å². The fourth-order valence-electron chi connectivity index (χ4n) is 3.19. The Bertz CT molecular complexity index is 890. The maximum Gasteiger partial charge on any atom is 0.227 e. The third kappa shape index (κ3) is 5.60. The number of nitrogens with one attached hydrogen (secondary N) is 1. The molecule has 0 aromatic heterocycles. The van der Waals surface area contributed by atoms with Crippen LogP contribution in [0, 0.1) is 12.8 Å². The number of ether oxygens (including phenoxy) is 1. The zero-order valence-corrected chi connectivity index (χ0v) is 17.8. The zero-order chi connectivity index (χ0) is 20.8. The average Bonchev–Trinajstić information content (AvgIpc) is 2.64. The topological polar surface area (TPSA) is 55.4 Å². The van der Waals surface area contributed by atoms with E-state index < -0.39 is 0 Å². The monoisotopic (exact) mass is 413 g/mol. The maximum atomic E-state index is 12.8. The van der Waals surface area contributed by atoms with Crippen LogP contribution in [-0.2, 0) is 11.2 Å². The Kier molecular flexibility index (Phi) is 7.32. The summed E-state index contributed by atoms with van der Waals surface area (Å²) >= 11 is 6.18. The molecule has 2 aromatic carbocycles. The normalized spacial score (nSPS) is 13.6. The Morgan fingerprint density at radius 2 is 1.97 bits per heavy atom. The molecular weight excluding hydrogens is 386 g/mol. The van der Waals surface area contributed by atoms with Crippen molar-refractivity contribution in [1.29, 1.82) is 0 Å². The Labute approximate surface area is 177 Å². The zero-order valence-electron chi connectivity index (χ0n) is 17.1. The van der Waals surface area contributed by atoms with Crippen molar-refractivity contribution in [3.63, 3.8) is 0 Å². The van der Waals surface area contributed by atoms with Gasteiger partial charge < -0.3 is 10.1 Å². The van der Waals surface area contributed by atoms with Crippen LogP contribution in [-0.4, -0.2) is 18.3 Å². The van der Waals surface area contributed by atoms with E-state index in [0.717, 1.165) is 43.2 Å². The Morgan fingerprint density at radius 3 is 2.62 bits per heavy atom. The van der Waals surface area contributed by atoms with Crippen molar-refractivity contribution in [2.24, 2.45) is 5.92 Å². The van der Waals surface area contributed by atoms with Crippen LogP contribution in [0.3, 0.4) is 0 Å². The summed E-state index contributed by atoms with van der Waals surface area (Å²) in [7, 11) is 0. The van der Waals surface area contributed by atoms with E-state index in [1.54, 1.807) is 18.2 Å². The van der Waals surface area contributed by atoms with Gasteiger partial charge in [0.15, 0.2) is 5.78 Å². The molecule has 0 heterocycles. The first kappa shape index (κ1) is 21.4. The predicted molar refractivity (Wildman–Crippen MR) is 117 cm³/mol. The molecule has 0 bridgehead atoms. The molecule has 0 saturated heterocycles. The van der Waals surface area contributed by atoms with E-state index in [-0.39, 0.29) is 24.0 Å². The highest BCUT2D eigenvalue weighted by Gasteiger charge is 2.26. The molecule has 0 unspecified atom stereocenters. The van der Waals surface area contributed by atoms with Crippen molar-refractivity contribution in [2.45, 2.75) is 52.4 Å². The number of hydrogen-bond donors (Lipinski definition) is 1. The van der Waals surface area contributed by atoms with E-state index in [0.29, 0.717) is 28.6 Å². The number of carbonyl (C=O) groups is 2. The first-order valence-corrected chi connectivity index (χ1v) is 10.7. The highest BCUT2D eigenvalue weighted by atomic mass is 35.5. The summed E-state index contributed by atoms with van der Waals surface area (Å²) in [5.41, 5.74) is 2.98. The van der Waals surface area contributed by atoms with Gasteiger partial charge in [-0.2, -0.15) is 0 Å². The number of anilines is 1. The molecule has 1 N–H and O–H groups in total. The number of halogens is 1. The number of Topliss-reactive ketones (excluding diaryl/α,β-unsaturated/α-hetero) is 1. The van der Waals surface area contributed by atoms with Crippen molar-refractivity contribution in [1.82, 2.24) is 0 Å². The van der Waals surface area contributed by atoms with E-state index in [4.69, 9.17) is 16.3 Å². The molecule has 154 valence electrons. The Hall–Kier alpha value is -2.33. The summed E-state index contributed by atoms with van der Waals surface area (Å²) in [6, 6.07) is 10.9. The second-order valence-electron chi connectivity index (χ2n) is 7.71. The van der Waals surface area contributed by atoms with E-state index in [9.17, 15) is 9.59 Å². The summed E-state index contributed by atoms with van der Waals surface area (Å²) in [6.45, 7) is 4.61. The van der Waals surface area contributed by atoms with Gasteiger partial charge in [-0.1, -0.05) is 43.5 Å². The van der Waals surface area contributed by atoms with E-state index >= 15 is 0 Å². The summed E-state index contributed by atoms with van der Waals surface area (Å²) in [4.78, 5) is 25.3. The van der Waals surface area contributed by atoms with Crippen LogP contribution in [0.15, 0.2) is 36.4 Å². The van der Waals surface area contributed by atoms with Gasteiger partial charge in [-0.15, -0.1) is 0 Å². The smallest absolute Gasteiger partial charge is 0.227 e. The van der Waals surface area contributed by atoms with Gasteiger partial charge in [0.2, 0.25) is 5.91 Å². The van der Waals surface area contributed by atoms with Crippen LogP contribution in [0.4, 0.5) is 5.69 Å². The van der Waals surface area contributed by atoms with Crippen LogP contribution in [0.1, 0.15) is 60.5 Å². The fraction of sp³-hybridized carbons (Fsp3) is 0.417. The van der Waals surface area contributed by atoms with Gasteiger partial charge in [-0.25, -0.2) is 0 Å². The summed E-state index contributed by atoms with van der Waals surface area (Å²) < 4.78 is 5.85. The van der Waals surface area contributed by atoms with Gasteiger partial charge in [0.1, 0.15) is 5.75 Å². The SMILES string of the molecule is CCCCOc1ccc(C(=O)Cc2ccc(C)c(Cl)c2)cc1NC(=O)C1CCC1. The minimum atomic E-state index is -0.0239. The number of benzene rings is 2.